The van der Waals surface area contributed by atoms with Crippen molar-refractivity contribution in [2.45, 2.75) is 69.3 Å². The van der Waals surface area contributed by atoms with Crippen LogP contribution in [0.5, 0.6) is 0 Å². The van der Waals surface area contributed by atoms with Crippen molar-refractivity contribution < 1.29 is 81.8 Å². The molecule has 4 nitrogen and oxygen atoms in total. The van der Waals surface area contributed by atoms with E-state index in [1.807, 2.05) is 0 Å². The van der Waals surface area contributed by atoms with Gasteiger partial charge in [-0.05, 0) is 6.42 Å². The van der Waals surface area contributed by atoms with Crippen molar-refractivity contribution in [2.75, 3.05) is 0 Å². The van der Waals surface area contributed by atoms with Gasteiger partial charge in [0.25, 0.3) is 5.85 Å². The molecule has 0 aromatic rings. The first-order valence-corrected chi connectivity index (χ1v) is 8.03. The van der Waals surface area contributed by atoms with Gasteiger partial charge in [0.15, 0.2) is 0 Å². The molecule has 0 aromatic carbocycles. The molecule has 25 heavy (non-hydrogen) atoms. The van der Waals surface area contributed by atoms with Crippen molar-refractivity contribution in [1.29, 1.82) is 0 Å². The molecular weight excluding hydrogens is 403 g/mol. The Bertz CT molecular complexity index is 511. The van der Waals surface area contributed by atoms with Gasteiger partial charge in [0, 0.05) is 6.42 Å². The van der Waals surface area contributed by atoms with Crippen molar-refractivity contribution in [3.05, 3.63) is 0 Å². The van der Waals surface area contributed by atoms with Crippen LogP contribution in [0.1, 0.15) is 45.4 Å². The predicted octanol–water partition coefficient (Wildman–Crippen LogP) is 1.33. The molecule has 0 radical (unpaired) electrons. The van der Waals surface area contributed by atoms with E-state index in [4.69, 9.17) is 0 Å². The Labute approximate surface area is 161 Å². The van der Waals surface area contributed by atoms with Crippen LogP contribution in [0.15, 0.2) is 0 Å². The molecule has 0 amide bonds. The fourth-order valence-corrected chi connectivity index (χ4v) is 2.29. The molecule has 0 rings (SSSR count). The van der Waals surface area contributed by atoms with Crippen LogP contribution in [0.3, 0.4) is 0 Å². The standard InChI is InChI=1S/C11H16F8O4S.Na/c1-2-3-4-5-6-7-8(12,23-24(20,21)22)9(13,14)10(15,16)11(17,18)19;/h2-7H2,1H3,(H,20,21,22);/q;+1/p-1. The van der Waals surface area contributed by atoms with E-state index in [1.54, 1.807) is 6.92 Å². The molecule has 0 saturated carbocycles. The number of hydrogen-bond donors (Lipinski definition) is 0. The van der Waals surface area contributed by atoms with Crippen LogP contribution in [-0.4, -0.2) is 36.8 Å². The number of rotatable bonds is 10. The van der Waals surface area contributed by atoms with Gasteiger partial charge in [0.2, 0.25) is 10.4 Å². The van der Waals surface area contributed by atoms with Crippen molar-refractivity contribution >= 4 is 10.4 Å². The molecule has 0 fully saturated rings. The molecule has 146 valence electrons. The summed E-state index contributed by atoms with van der Waals surface area (Å²) < 4.78 is 137. The van der Waals surface area contributed by atoms with Crippen molar-refractivity contribution in [1.82, 2.24) is 0 Å². The molecule has 0 spiro atoms. The molecule has 0 saturated heterocycles. The Kier molecular flexibility index (Phi) is 10.4. The Morgan fingerprint density at radius 3 is 1.64 bits per heavy atom. The fraction of sp³-hybridized carbons (Fsp3) is 1.00. The largest absolute Gasteiger partial charge is 1.00 e. The summed E-state index contributed by atoms with van der Waals surface area (Å²) in [4.78, 5) is 0. The van der Waals surface area contributed by atoms with Gasteiger partial charge < -0.3 is 4.55 Å². The summed E-state index contributed by atoms with van der Waals surface area (Å²) in [5, 5.41) is 0. The van der Waals surface area contributed by atoms with Gasteiger partial charge in [-0.3, -0.25) is 0 Å². The molecule has 0 heterocycles. The van der Waals surface area contributed by atoms with Gasteiger partial charge in [-0.1, -0.05) is 32.6 Å². The minimum atomic E-state index is -6.96. The Hall–Kier alpha value is 0.310. The summed E-state index contributed by atoms with van der Waals surface area (Å²) in [6.45, 7) is 1.74. The molecule has 1 atom stereocenters. The summed E-state index contributed by atoms with van der Waals surface area (Å²) in [5.74, 6) is -18.9. The molecule has 0 aliphatic heterocycles. The summed E-state index contributed by atoms with van der Waals surface area (Å²) in [5.41, 5.74) is 0. The number of alkyl halides is 8. The first-order valence-electron chi connectivity index (χ1n) is 6.69. The van der Waals surface area contributed by atoms with Crippen LogP contribution in [-0.2, 0) is 14.6 Å². The van der Waals surface area contributed by atoms with Gasteiger partial charge in [0.1, 0.15) is 0 Å². The van der Waals surface area contributed by atoms with E-state index in [0.29, 0.717) is 19.3 Å². The number of unbranched alkanes of at least 4 members (excludes halogenated alkanes) is 4. The van der Waals surface area contributed by atoms with E-state index in [2.05, 4.69) is 4.18 Å². The maximum absolute atomic E-state index is 14.1. The predicted molar refractivity (Wildman–Crippen MR) is 63.9 cm³/mol. The SMILES string of the molecule is CCCCCCCC(F)(OS(=O)(=O)[O-])C(F)(F)C(F)(F)C(F)(F)F.[Na+]. The van der Waals surface area contributed by atoms with E-state index in [1.165, 1.54) is 0 Å². The van der Waals surface area contributed by atoms with Crippen LogP contribution in [0.2, 0.25) is 0 Å². The molecule has 0 aromatic heterocycles. The van der Waals surface area contributed by atoms with Crippen LogP contribution in [0.4, 0.5) is 35.1 Å². The van der Waals surface area contributed by atoms with Crippen LogP contribution < -0.4 is 29.6 Å². The normalized spacial score (nSPS) is 16.2. The van der Waals surface area contributed by atoms with Gasteiger partial charge in [0.05, 0.1) is 0 Å². The summed E-state index contributed by atoms with van der Waals surface area (Å²) in [6.07, 6.45) is -8.02. The minimum absolute atomic E-state index is 0. The Balaban J connectivity index is 0. The van der Waals surface area contributed by atoms with E-state index in [-0.39, 0.29) is 36.0 Å². The zero-order valence-electron chi connectivity index (χ0n) is 13.3. The van der Waals surface area contributed by atoms with Crippen molar-refractivity contribution in [3.8, 4) is 0 Å². The molecule has 14 heteroatoms. The van der Waals surface area contributed by atoms with Gasteiger partial charge in [-0.25, -0.2) is 17.0 Å². The van der Waals surface area contributed by atoms with E-state index < -0.39 is 47.1 Å². The third kappa shape index (κ3) is 7.09. The van der Waals surface area contributed by atoms with Crippen LogP contribution >= 0.6 is 0 Å². The molecule has 1 unspecified atom stereocenters. The van der Waals surface area contributed by atoms with Gasteiger partial charge in [-0.2, -0.15) is 30.7 Å². The maximum Gasteiger partial charge on any atom is 1.00 e. The average Bonchev–Trinajstić information content (AvgIpc) is 2.34. The molecular formula is C11H15F8NaO4S. The third-order valence-electron chi connectivity index (χ3n) is 3.06. The molecule has 0 aliphatic carbocycles. The first kappa shape index (κ1) is 27.5. The Morgan fingerprint density at radius 2 is 1.28 bits per heavy atom. The van der Waals surface area contributed by atoms with Crippen molar-refractivity contribution in [3.63, 3.8) is 0 Å². The minimum Gasteiger partial charge on any atom is -0.725 e. The quantitative estimate of drug-likeness (QED) is 0.177. The summed E-state index contributed by atoms with van der Waals surface area (Å²) in [7, 11) is -6.32. The molecule has 0 N–H and O–H groups in total. The first-order chi connectivity index (χ1) is 10.5. The fourth-order valence-electron chi connectivity index (χ4n) is 1.78. The third-order valence-corrected chi connectivity index (χ3v) is 3.52. The second-order valence-corrected chi connectivity index (χ2v) is 6.01. The average molecular weight is 418 g/mol. The molecule has 0 bridgehead atoms. The smallest absolute Gasteiger partial charge is 0.725 e. The number of hydrogen-bond acceptors (Lipinski definition) is 4. The Morgan fingerprint density at radius 1 is 0.840 bits per heavy atom. The van der Waals surface area contributed by atoms with Gasteiger partial charge in [-0.15, -0.1) is 0 Å². The van der Waals surface area contributed by atoms with Crippen LogP contribution in [0.25, 0.3) is 0 Å². The van der Waals surface area contributed by atoms with Crippen molar-refractivity contribution in [2.24, 2.45) is 0 Å². The summed E-state index contributed by atoms with van der Waals surface area (Å²) in [6, 6.07) is 0. The van der Waals surface area contributed by atoms with E-state index >= 15 is 0 Å². The molecule has 0 aliphatic rings. The zero-order chi connectivity index (χ0) is 19.4. The van der Waals surface area contributed by atoms with Crippen LogP contribution in [0, 0.1) is 0 Å². The van der Waals surface area contributed by atoms with Gasteiger partial charge >= 0.3 is 47.6 Å². The van der Waals surface area contributed by atoms with E-state index in [9.17, 15) is 48.1 Å². The monoisotopic (exact) mass is 418 g/mol. The number of halogens is 8. The summed E-state index contributed by atoms with van der Waals surface area (Å²) >= 11 is 0. The second-order valence-electron chi connectivity index (χ2n) is 5.03. The topological polar surface area (TPSA) is 66.4 Å². The zero-order valence-corrected chi connectivity index (χ0v) is 16.1. The second kappa shape index (κ2) is 9.49. The van der Waals surface area contributed by atoms with E-state index in [0.717, 1.165) is 0 Å². The maximum atomic E-state index is 14.1.